The van der Waals surface area contributed by atoms with Crippen LogP contribution in [0.3, 0.4) is 0 Å². The van der Waals surface area contributed by atoms with Gasteiger partial charge in [-0.1, -0.05) is 34.1 Å². The van der Waals surface area contributed by atoms with Crippen LogP contribution >= 0.6 is 25.3 Å². The highest BCUT2D eigenvalue weighted by molar-refractivity contribution is 7.80. The molecule has 0 aromatic carbocycles. The molecule has 52 heavy (non-hydrogen) atoms. The molecular formula is C32H56N8O10S2. The second-order valence-electron chi connectivity index (χ2n) is 13.2. The Morgan fingerprint density at radius 1 is 0.788 bits per heavy atom. The lowest BCUT2D eigenvalue weighted by Crippen LogP contribution is -2.61. The van der Waals surface area contributed by atoms with Crippen LogP contribution in [-0.2, 0) is 38.4 Å². The SMILES string of the molecule is CC[C@H](C)[C@H](NC(=O)[C@H](CCCCN)NC(=O)[C@@H](N)CS)C(=O)N[C@@H](CC(=O)O)C(=O)N1CCC[C@H]1C(=O)N[C@H](C(=O)N[C@@H](CS)C(=O)O)C(C)C. The summed E-state index contributed by atoms with van der Waals surface area (Å²) in [5, 5.41) is 31.6. The Hall–Kier alpha value is -3.62. The first kappa shape index (κ1) is 46.4. The average Bonchev–Trinajstić information content (AvgIpc) is 3.59. The van der Waals surface area contributed by atoms with Crippen LogP contribution in [-0.4, -0.2) is 129 Å². The molecule has 1 rings (SSSR count). The highest BCUT2D eigenvalue weighted by Gasteiger charge is 2.41. The Morgan fingerprint density at radius 2 is 1.38 bits per heavy atom. The van der Waals surface area contributed by atoms with Crippen molar-refractivity contribution in [2.75, 3.05) is 24.6 Å². The summed E-state index contributed by atoms with van der Waals surface area (Å²) in [6.45, 7) is 7.11. The number of aliphatic carboxylic acids is 2. The van der Waals surface area contributed by atoms with E-state index in [1.165, 1.54) is 0 Å². The third-order valence-electron chi connectivity index (χ3n) is 8.78. The van der Waals surface area contributed by atoms with Crippen LogP contribution in [0.5, 0.6) is 0 Å². The van der Waals surface area contributed by atoms with E-state index < -0.39 is 108 Å². The minimum atomic E-state index is -1.63. The van der Waals surface area contributed by atoms with E-state index in [-0.39, 0.29) is 30.9 Å². The van der Waals surface area contributed by atoms with E-state index in [0.717, 1.165) is 4.90 Å². The molecule has 18 nitrogen and oxygen atoms in total. The molecule has 0 aromatic heterocycles. The summed E-state index contributed by atoms with van der Waals surface area (Å²) in [7, 11) is 0. The lowest BCUT2D eigenvalue weighted by molar-refractivity contribution is -0.146. The van der Waals surface area contributed by atoms with Gasteiger partial charge in [0.1, 0.15) is 36.3 Å². The number of amides is 6. The number of hydrogen-bond donors (Lipinski definition) is 11. The molecule has 1 fully saturated rings. The maximum absolute atomic E-state index is 13.8. The fourth-order valence-corrected chi connectivity index (χ4v) is 5.86. The van der Waals surface area contributed by atoms with Crippen LogP contribution in [0.25, 0.3) is 0 Å². The van der Waals surface area contributed by atoms with Crippen LogP contribution in [0, 0.1) is 11.8 Å². The van der Waals surface area contributed by atoms with Gasteiger partial charge in [0.15, 0.2) is 0 Å². The summed E-state index contributed by atoms with van der Waals surface area (Å²) in [4.78, 5) is 104. The highest BCUT2D eigenvalue weighted by atomic mass is 32.1. The van der Waals surface area contributed by atoms with Crippen molar-refractivity contribution < 1.29 is 48.6 Å². The number of likely N-dealkylation sites (tertiary alicyclic amines) is 1. The molecule has 1 saturated heterocycles. The maximum Gasteiger partial charge on any atom is 0.327 e. The number of rotatable bonds is 23. The molecule has 6 amide bonds. The predicted molar refractivity (Wildman–Crippen MR) is 197 cm³/mol. The van der Waals surface area contributed by atoms with Crippen molar-refractivity contribution in [1.29, 1.82) is 0 Å². The minimum Gasteiger partial charge on any atom is -0.481 e. The standard InChI is InChI=1S/C32H56N8O10S2/c1-5-17(4)25(39-27(44)19(9-6-7-11-33)35-26(43)18(34)14-51)30(47)36-20(13-23(41)42)31(48)40-12-8-10-22(40)28(45)38-24(16(2)3)29(46)37-21(15-52)32(49)50/h16-22,24-25,51-52H,5-15,33-34H2,1-4H3,(H,35,43)(H,36,47)(H,37,46)(H,38,45)(H,39,44)(H,41,42)(H,49,50)/t17-,18-,19-,20-,21-,22-,24-,25-/m0/s1. The number of carbonyl (C=O) groups is 8. The van der Waals surface area contributed by atoms with Crippen molar-refractivity contribution in [3.05, 3.63) is 0 Å². The van der Waals surface area contributed by atoms with Crippen molar-refractivity contribution >= 4 is 72.6 Å². The second kappa shape index (κ2) is 23.1. The Bertz CT molecular complexity index is 1280. The smallest absolute Gasteiger partial charge is 0.327 e. The lowest BCUT2D eigenvalue weighted by atomic mass is 9.96. The van der Waals surface area contributed by atoms with Gasteiger partial charge in [0.2, 0.25) is 35.4 Å². The molecule has 0 unspecified atom stereocenters. The third kappa shape index (κ3) is 14.4. The topological polar surface area (TPSA) is 292 Å². The minimum absolute atomic E-state index is 0.0245. The van der Waals surface area contributed by atoms with Gasteiger partial charge >= 0.3 is 11.9 Å². The fourth-order valence-electron chi connectivity index (χ4n) is 5.45. The van der Waals surface area contributed by atoms with Gasteiger partial charge in [0, 0.05) is 18.1 Å². The molecule has 0 saturated carbocycles. The number of carboxylic acids is 2. The number of nitrogens with one attached hydrogen (secondary N) is 5. The summed E-state index contributed by atoms with van der Waals surface area (Å²) in [5.41, 5.74) is 11.4. The zero-order valence-corrected chi connectivity index (χ0v) is 31.9. The van der Waals surface area contributed by atoms with Gasteiger partial charge in [-0.05, 0) is 50.5 Å². The summed E-state index contributed by atoms with van der Waals surface area (Å²) in [6.07, 6.45) is 1.32. The maximum atomic E-state index is 13.8. The fraction of sp³-hybridized carbons (Fsp3) is 0.750. The normalized spacial score (nSPS) is 18.2. The van der Waals surface area contributed by atoms with Gasteiger partial charge in [0.25, 0.3) is 0 Å². The van der Waals surface area contributed by atoms with Crippen LogP contribution in [0.2, 0.25) is 0 Å². The van der Waals surface area contributed by atoms with Crippen LogP contribution in [0.15, 0.2) is 0 Å². The van der Waals surface area contributed by atoms with E-state index in [0.29, 0.717) is 32.2 Å². The van der Waals surface area contributed by atoms with E-state index in [1.807, 2.05) is 0 Å². The molecule has 1 heterocycles. The van der Waals surface area contributed by atoms with Gasteiger partial charge < -0.3 is 53.2 Å². The Kier molecular flexibility index (Phi) is 20.6. The van der Waals surface area contributed by atoms with E-state index in [1.54, 1.807) is 27.7 Å². The number of nitrogens with two attached hydrogens (primary N) is 2. The molecule has 296 valence electrons. The largest absolute Gasteiger partial charge is 0.481 e. The molecule has 20 heteroatoms. The van der Waals surface area contributed by atoms with Gasteiger partial charge in [0.05, 0.1) is 12.5 Å². The molecule has 0 radical (unpaired) electrons. The number of hydrogen-bond acceptors (Lipinski definition) is 12. The molecule has 11 N–H and O–H groups in total. The number of carboxylic acid groups (broad SMARTS) is 2. The van der Waals surface area contributed by atoms with Crippen LogP contribution in [0.4, 0.5) is 0 Å². The zero-order valence-electron chi connectivity index (χ0n) is 30.1. The number of thiol groups is 2. The van der Waals surface area contributed by atoms with Crippen molar-refractivity contribution in [3.8, 4) is 0 Å². The molecule has 0 aromatic rings. The van der Waals surface area contributed by atoms with Crippen molar-refractivity contribution in [1.82, 2.24) is 31.5 Å². The molecule has 0 bridgehead atoms. The summed E-state index contributed by atoms with van der Waals surface area (Å²) < 4.78 is 0. The Morgan fingerprint density at radius 3 is 1.90 bits per heavy atom. The van der Waals surface area contributed by atoms with Gasteiger partial charge in [-0.25, -0.2) is 4.79 Å². The van der Waals surface area contributed by atoms with Crippen LogP contribution < -0.4 is 38.1 Å². The van der Waals surface area contributed by atoms with E-state index in [4.69, 9.17) is 11.5 Å². The number of nitrogens with zero attached hydrogens (tertiary/aromatic N) is 1. The number of unbranched alkanes of at least 4 members (excludes halogenated alkanes) is 1. The second-order valence-corrected chi connectivity index (χ2v) is 13.9. The van der Waals surface area contributed by atoms with E-state index in [9.17, 15) is 48.6 Å². The molecular weight excluding hydrogens is 721 g/mol. The third-order valence-corrected chi connectivity index (χ3v) is 9.54. The number of carbonyl (C=O) groups excluding carboxylic acids is 6. The molecule has 1 aliphatic rings. The van der Waals surface area contributed by atoms with E-state index >= 15 is 0 Å². The predicted octanol–water partition coefficient (Wildman–Crippen LogP) is -2.02. The Labute approximate surface area is 314 Å². The lowest BCUT2D eigenvalue weighted by Gasteiger charge is -2.32. The quantitative estimate of drug-likeness (QED) is 0.0396. The zero-order chi connectivity index (χ0) is 39.7. The first-order chi connectivity index (χ1) is 24.4. The van der Waals surface area contributed by atoms with Crippen LogP contribution in [0.1, 0.15) is 72.6 Å². The van der Waals surface area contributed by atoms with Gasteiger partial charge in [-0.3, -0.25) is 33.6 Å². The Balaban J connectivity index is 3.26. The van der Waals surface area contributed by atoms with Gasteiger partial charge in [-0.15, -0.1) is 0 Å². The van der Waals surface area contributed by atoms with Crippen molar-refractivity contribution in [2.45, 2.75) is 115 Å². The highest BCUT2D eigenvalue weighted by Crippen LogP contribution is 2.21. The average molecular weight is 777 g/mol. The molecule has 1 aliphatic heterocycles. The molecule has 0 spiro atoms. The first-order valence-corrected chi connectivity index (χ1v) is 18.6. The summed E-state index contributed by atoms with van der Waals surface area (Å²) in [5.74, 6) is -8.39. The monoisotopic (exact) mass is 776 g/mol. The molecule has 8 atom stereocenters. The van der Waals surface area contributed by atoms with Crippen molar-refractivity contribution in [2.24, 2.45) is 23.3 Å². The van der Waals surface area contributed by atoms with Crippen molar-refractivity contribution in [3.63, 3.8) is 0 Å². The van der Waals surface area contributed by atoms with E-state index in [2.05, 4.69) is 51.8 Å². The first-order valence-electron chi connectivity index (χ1n) is 17.4. The van der Waals surface area contributed by atoms with Gasteiger partial charge in [-0.2, -0.15) is 25.3 Å². The summed E-state index contributed by atoms with van der Waals surface area (Å²) in [6, 6.07) is -8.54. The summed E-state index contributed by atoms with van der Waals surface area (Å²) >= 11 is 7.96. The molecule has 0 aliphatic carbocycles.